The lowest BCUT2D eigenvalue weighted by atomic mass is 10.3. The van der Waals surface area contributed by atoms with E-state index in [1.165, 1.54) is 18.0 Å². The number of hydrogen-bond acceptors (Lipinski definition) is 5. The molecule has 1 aliphatic heterocycles. The Kier molecular flexibility index (Phi) is 1.61. The van der Waals surface area contributed by atoms with E-state index in [-0.39, 0.29) is 11.9 Å². The molecule has 0 atom stereocenters. The van der Waals surface area contributed by atoms with E-state index in [4.69, 9.17) is 5.73 Å². The molecule has 6 heteroatoms. The van der Waals surface area contributed by atoms with Crippen molar-refractivity contribution < 1.29 is 4.79 Å². The Morgan fingerprint density at radius 2 is 2.50 bits per heavy atom. The van der Waals surface area contributed by atoms with Crippen LogP contribution in [0.5, 0.6) is 0 Å². The third-order valence-corrected chi connectivity index (χ3v) is 2.33. The summed E-state index contributed by atoms with van der Waals surface area (Å²) in [7, 11) is 0. The Hall–Kier alpha value is -1.30. The van der Waals surface area contributed by atoms with Crippen molar-refractivity contribution in [1.82, 2.24) is 15.3 Å². The van der Waals surface area contributed by atoms with Crippen molar-refractivity contribution >= 4 is 23.6 Å². The molecule has 1 aromatic heterocycles. The first-order valence-electron chi connectivity index (χ1n) is 3.31. The fourth-order valence-electron chi connectivity index (χ4n) is 0.910. The molecule has 0 bridgehead atoms. The molecule has 0 saturated carbocycles. The monoisotopic (exact) mass is 182 g/mol. The van der Waals surface area contributed by atoms with Crippen LogP contribution < -0.4 is 11.1 Å². The van der Waals surface area contributed by atoms with Gasteiger partial charge in [-0.05, 0) is 0 Å². The van der Waals surface area contributed by atoms with Gasteiger partial charge in [0.05, 0.1) is 11.4 Å². The van der Waals surface area contributed by atoms with Crippen LogP contribution in [0.25, 0.3) is 0 Å². The third kappa shape index (κ3) is 1.10. The molecule has 1 aromatic rings. The SMILES string of the molecule is Nc1ncc2c(n1)SCNC2=O. The molecule has 0 aromatic carbocycles. The highest BCUT2D eigenvalue weighted by molar-refractivity contribution is 7.99. The number of hydrogen-bond donors (Lipinski definition) is 2. The summed E-state index contributed by atoms with van der Waals surface area (Å²) in [5.41, 5.74) is 5.86. The van der Waals surface area contributed by atoms with E-state index in [2.05, 4.69) is 15.3 Å². The first kappa shape index (κ1) is 7.35. The second-order valence-corrected chi connectivity index (χ2v) is 3.21. The van der Waals surface area contributed by atoms with Crippen LogP contribution in [0, 0.1) is 0 Å². The van der Waals surface area contributed by atoms with Gasteiger partial charge < -0.3 is 11.1 Å². The molecule has 1 amide bonds. The molecule has 2 heterocycles. The smallest absolute Gasteiger partial charge is 0.256 e. The van der Waals surface area contributed by atoms with Gasteiger partial charge in [0, 0.05) is 6.20 Å². The summed E-state index contributed by atoms with van der Waals surface area (Å²) >= 11 is 1.44. The largest absolute Gasteiger partial charge is 0.368 e. The number of anilines is 1. The van der Waals surface area contributed by atoms with E-state index in [1.54, 1.807) is 0 Å². The number of nitrogens with zero attached hydrogens (tertiary/aromatic N) is 2. The van der Waals surface area contributed by atoms with Gasteiger partial charge in [-0.2, -0.15) is 0 Å². The molecule has 3 N–H and O–H groups in total. The number of nitrogens with two attached hydrogens (primary N) is 1. The highest BCUT2D eigenvalue weighted by Gasteiger charge is 2.18. The van der Waals surface area contributed by atoms with Crippen molar-refractivity contribution in [3.63, 3.8) is 0 Å². The maximum absolute atomic E-state index is 11.2. The quantitative estimate of drug-likeness (QED) is 0.545. The van der Waals surface area contributed by atoms with Gasteiger partial charge in [0.2, 0.25) is 5.95 Å². The van der Waals surface area contributed by atoms with Gasteiger partial charge in [-0.15, -0.1) is 0 Å². The number of carbonyl (C=O) groups is 1. The van der Waals surface area contributed by atoms with Crippen LogP contribution in [0.4, 0.5) is 5.95 Å². The minimum atomic E-state index is -0.135. The summed E-state index contributed by atoms with van der Waals surface area (Å²) in [6, 6.07) is 0. The molecule has 0 radical (unpaired) electrons. The zero-order chi connectivity index (χ0) is 8.55. The lowest BCUT2D eigenvalue weighted by Crippen LogP contribution is -2.28. The molecule has 12 heavy (non-hydrogen) atoms. The maximum atomic E-state index is 11.2. The molecule has 0 aliphatic carbocycles. The number of carbonyl (C=O) groups excluding carboxylic acids is 1. The number of nitrogen functional groups attached to an aromatic ring is 1. The van der Waals surface area contributed by atoms with Gasteiger partial charge in [0.1, 0.15) is 5.03 Å². The predicted octanol–water partition coefficient (Wildman–Crippen LogP) is -0.148. The molecule has 2 rings (SSSR count). The molecule has 62 valence electrons. The van der Waals surface area contributed by atoms with Crippen LogP contribution in [0.2, 0.25) is 0 Å². The molecular formula is C6H6N4OS. The summed E-state index contributed by atoms with van der Waals surface area (Å²) in [6.45, 7) is 0. The molecule has 1 aliphatic rings. The molecule has 0 unspecified atom stereocenters. The van der Waals surface area contributed by atoms with E-state index in [1.807, 2.05) is 0 Å². The van der Waals surface area contributed by atoms with Crippen LogP contribution >= 0.6 is 11.8 Å². The number of rotatable bonds is 0. The Balaban J connectivity index is 2.53. The zero-order valence-electron chi connectivity index (χ0n) is 6.07. The van der Waals surface area contributed by atoms with E-state index in [0.29, 0.717) is 16.5 Å². The summed E-state index contributed by atoms with van der Waals surface area (Å²) < 4.78 is 0. The van der Waals surface area contributed by atoms with Gasteiger partial charge in [0.25, 0.3) is 5.91 Å². The minimum absolute atomic E-state index is 0.135. The molecule has 0 spiro atoms. The normalized spacial score (nSPS) is 15.2. The lowest BCUT2D eigenvalue weighted by molar-refractivity contribution is 0.0954. The number of thioether (sulfide) groups is 1. The minimum Gasteiger partial charge on any atom is -0.368 e. The molecule has 0 fully saturated rings. The summed E-state index contributed by atoms with van der Waals surface area (Å²) in [5.74, 6) is 0.613. The standard InChI is InChI=1S/C6H6N4OS/c7-6-8-1-3-4(11)9-2-12-5(3)10-6/h1H,2H2,(H,9,11)(H2,7,8,10). The van der Waals surface area contributed by atoms with Crippen LogP contribution in [-0.4, -0.2) is 21.8 Å². The van der Waals surface area contributed by atoms with Gasteiger partial charge in [-0.1, -0.05) is 11.8 Å². The number of nitrogens with one attached hydrogen (secondary N) is 1. The zero-order valence-corrected chi connectivity index (χ0v) is 6.89. The van der Waals surface area contributed by atoms with E-state index >= 15 is 0 Å². The van der Waals surface area contributed by atoms with Gasteiger partial charge >= 0.3 is 0 Å². The van der Waals surface area contributed by atoms with Crippen molar-refractivity contribution in [2.24, 2.45) is 0 Å². The average Bonchev–Trinajstić information content (AvgIpc) is 2.04. The van der Waals surface area contributed by atoms with Crippen LogP contribution in [0.15, 0.2) is 11.2 Å². The van der Waals surface area contributed by atoms with Gasteiger partial charge in [-0.3, -0.25) is 4.79 Å². The number of amides is 1. The summed E-state index contributed by atoms with van der Waals surface area (Å²) in [5, 5.41) is 3.32. The first-order valence-corrected chi connectivity index (χ1v) is 4.29. The fraction of sp³-hybridized carbons (Fsp3) is 0.167. The molecule has 5 nitrogen and oxygen atoms in total. The van der Waals surface area contributed by atoms with Gasteiger partial charge in [-0.25, -0.2) is 9.97 Å². The summed E-state index contributed by atoms with van der Waals surface area (Å²) in [6.07, 6.45) is 1.44. The second-order valence-electron chi connectivity index (χ2n) is 2.24. The summed E-state index contributed by atoms with van der Waals surface area (Å²) in [4.78, 5) is 18.8. The first-order chi connectivity index (χ1) is 5.77. The van der Waals surface area contributed by atoms with Crippen molar-refractivity contribution in [3.05, 3.63) is 11.8 Å². The Labute approximate surface area is 72.8 Å². The van der Waals surface area contributed by atoms with E-state index in [9.17, 15) is 4.79 Å². The Morgan fingerprint density at radius 3 is 3.33 bits per heavy atom. The lowest BCUT2D eigenvalue weighted by Gasteiger charge is -2.13. The van der Waals surface area contributed by atoms with Crippen molar-refractivity contribution in [1.29, 1.82) is 0 Å². The second kappa shape index (κ2) is 2.63. The number of fused-ring (bicyclic) bond motifs is 1. The highest BCUT2D eigenvalue weighted by atomic mass is 32.2. The molecular weight excluding hydrogens is 176 g/mol. The van der Waals surface area contributed by atoms with Crippen LogP contribution in [-0.2, 0) is 0 Å². The third-order valence-electron chi connectivity index (χ3n) is 1.46. The van der Waals surface area contributed by atoms with Crippen LogP contribution in [0.3, 0.4) is 0 Å². The van der Waals surface area contributed by atoms with Crippen molar-refractivity contribution in [2.75, 3.05) is 11.6 Å². The van der Waals surface area contributed by atoms with E-state index < -0.39 is 0 Å². The fourth-order valence-corrected chi connectivity index (χ4v) is 1.71. The predicted molar refractivity (Wildman–Crippen MR) is 44.6 cm³/mol. The van der Waals surface area contributed by atoms with Gasteiger partial charge in [0.15, 0.2) is 0 Å². The molecule has 0 saturated heterocycles. The average molecular weight is 182 g/mol. The topological polar surface area (TPSA) is 80.9 Å². The van der Waals surface area contributed by atoms with E-state index in [0.717, 1.165) is 0 Å². The maximum Gasteiger partial charge on any atom is 0.256 e. The number of aromatic nitrogens is 2. The van der Waals surface area contributed by atoms with Crippen molar-refractivity contribution in [3.8, 4) is 0 Å². The van der Waals surface area contributed by atoms with Crippen molar-refractivity contribution in [2.45, 2.75) is 5.03 Å². The Morgan fingerprint density at radius 1 is 1.67 bits per heavy atom. The van der Waals surface area contributed by atoms with Crippen LogP contribution in [0.1, 0.15) is 10.4 Å². The highest BCUT2D eigenvalue weighted by Crippen LogP contribution is 2.22. The Bertz CT molecular complexity index is 340.